The average Bonchev–Trinajstić information content (AvgIpc) is 2.78. The Bertz CT molecular complexity index is 359. The summed E-state index contributed by atoms with van der Waals surface area (Å²) in [6.45, 7) is 2.22. The summed E-state index contributed by atoms with van der Waals surface area (Å²) in [7, 11) is 0. The minimum atomic E-state index is 0.573. The largest absolute Gasteiger partial charge is 0.356 e. The molecule has 0 amide bonds. The van der Waals surface area contributed by atoms with Crippen molar-refractivity contribution in [2.75, 3.05) is 11.1 Å². The number of H-pyrrole nitrogens is 1. The van der Waals surface area contributed by atoms with Gasteiger partial charge in [0.05, 0.1) is 0 Å². The van der Waals surface area contributed by atoms with E-state index in [0.29, 0.717) is 6.04 Å². The molecular formula is C9H15N3S3. The highest BCUT2D eigenvalue weighted by atomic mass is 32.2. The first kappa shape index (κ1) is 11.4. The number of thioether (sulfide) groups is 1. The maximum Gasteiger partial charge on any atom is 0.204 e. The monoisotopic (exact) mass is 261 g/mol. The molecule has 1 aromatic rings. The molecule has 15 heavy (non-hydrogen) atoms. The number of hydrogen-bond donors (Lipinski definition) is 2. The van der Waals surface area contributed by atoms with E-state index in [1.165, 1.54) is 36.4 Å². The van der Waals surface area contributed by atoms with Crippen molar-refractivity contribution in [3.05, 3.63) is 3.95 Å². The average molecular weight is 261 g/mol. The molecule has 2 rings (SSSR count). The molecular weight excluding hydrogens is 246 g/mol. The smallest absolute Gasteiger partial charge is 0.204 e. The van der Waals surface area contributed by atoms with Crippen LogP contribution in [-0.4, -0.2) is 27.2 Å². The minimum Gasteiger partial charge on any atom is -0.356 e. The number of nitrogens with one attached hydrogen (secondary N) is 2. The van der Waals surface area contributed by atoms with Crippen molar-refractivity contribution in [1.82, 2.24) is 10.2 Å². The molecule has 84 valence electrons. The Hall–Kier alpha value is -0.0700. The predicted octanol–water partition coefficient (Wildman–Crippen LogP) is 3.29. The molecule has 0 aromatic carbocycles. The van der Waals surface area contributed by atoms with Gasteiger partial charge in [-0.2, -0.15) is 11.8 Å². The van der Waals surface area contributed by atoms with E-state index in [4.69, 9.17) is 12.2 Å². The van der Waals surface area contributed by atoms with Gasteiger partial charge in [0.25, 0.3) is 0 Å². The van der Waals surface area contributed by atoms with Gasteiger partial charge in [-0.25, -0.2) is 0 Å². The Balaban J connectivity index is 1.96. The zero-order valence-corrected chi connectivity index (χ0v) is 11.1. The number of rotatable bonds is 4. The second-order valence-corrected chi connectivity index (χ2v) is 6.78. The molecule has 0 spiro atoms. The van der Waals surface area contributed by atoms with Gasteiger partial charge in [-0.1, -0.05) is 24.7 Å². The summed E-state index contributed by atoms with van der Waals surface area (Å²) in [5.41, 5.74) is 0. The van der Waals surface area contributed by atoms with Gasteiger partial charge in [-0.15, -0.1) is 5.10 Å². The predicted molar refractivity (Wildman–Crippen MR) is 70.5 cm³/mol. The van der Waals surface area contributed by atoms with Crippen LogP contribution in [-0.2, 0) is 0 Å². The van der Waals surface area contributed by atoms with Crippen LogP contribution in [0.4, 0.5) is 5.13 Å². The van der Waals surface area contributed by atoms with E-state index in [0.717, 1.165) is 14.3 Å². The lowest BCUT2D eigenvalue weighted by atomic mass is 10.2. The molecule has 0 aliphatic heterocycles. The molecule has 1 heterocycles. The maximum absolute atomic E-state index is 5.01. The van der Waals surface area contributed by atoms with Crippen molar-refractivity contribution in [3.63, 3.8) is 0 Å². The van der Waals surface area contributed by atoms with E-state index in [1.54, 1.807) is 0 Å². The standard InChI is InChI=1S/C9H15N3S3/c1-2-14-7-5-3-4-6(7)10-8-11-12-9(13)15-8/h6-7H,2-5H2,1H3,(H,10,11)(H,12,13). The Morgan fingerprint density at radius 2 is 2.53 bits per heavy atom. The Kier molecular flexibility index (Phi) is 4.05. The van der Waals surface area contributed by atoms with Crippen LogP contribution in [0.2, 0.25) is 0 Å². The van der Waals surface area contributed by atoms with Gasteiger partial charge in [0, 0.05) is 11.3 Å². The van der Waals surface area contributed by atoms with Crippen molar-refractivity contribution in [1.29, 1.82) is 0 Å². The van der Waals surface area contributed by atoms with Gasteiger partial charge < -0.3 is 5.32 Å². The Morgan fingerprint density at radius 3 is 3.20 bits per heavy atom. The summed E-state index contributed by atoms with van der Waals surface area (Å²) < 4.78 is 0.746. The number of nitrogens with zero attached hydrogens (tertiary/aromatic N) is 1. The van der Waals surface area contributed by atoms with Crippen LogP contribution >= 0.6 is 35.3 Å². The molecule has 1 aromatic heterocycles. The van der Waals surface area contributed by atoms with Gasteiger partial charge in [0.15, 0.2) is 3.95 Å². The van der Waals surface area contributed by atoms with Crippen LogP contribution in [0.15, 0.2) is 0 Å². The summed E-state index contributed by atoms with van der Waals surface area (Å²) in [6, 6.07) is 0.573. The highest BCUT2D eigenvalue weighted by molar-refractivity contribution is 7.99. The van der Waals surface area contributed by atoms with Crippen LogP contribution in [0, 0.1) is 3.95 Å². The van der Waals surface area contributed by atoms with Crippen molar-refractivity contribution in [2.24, 2.45) is 0 Å². The topological polar surface area (TPSA) is 40.7 Å². The van der Waals surface area contributed by atoms with E-state index >= 15 is 0 Å². The van der Waals surface area contributed by atoms with Gasteiger partial charge in [0.2, 0.25) is 5.13 Å². The number of anilines is 1. The SMILES string of the molecule is CCSC1CCCC1Nc1n[nH]c(=S)s1. The molecule has 6 heteroatoms. The third-order valence-corrected chi connectivity index (χ3v) is 4.93. The van der Waals surface area contributed by atoms with Crippen molar-refractivity contribution < 1.29 is 0 Å². The van der Waals surface area contributed by atoms with Crippen LogP contribution in [0.5, 0.6) is 0 Å². The second-order valence-electron chi connectivity index (χ2n) is 3.59. The molecule has 2 N–H and O–H groups in total. The Labute approximate surface area is 103 Å². The number of hydrogen-bond acceptors (Lipinski definition) is 5. The number of aromatic nitrogens is 2. The first-order valence-corrected chi connectivity index (χ1v) is 7.50. The number of aromatic amines is 1. The summed E-state index contributed by atoms with van der Waals surface area (Å²) in [6.07, 6.45) is 3.90. The highest BCUT2D eigenvalue weighted by Crippen LogP contribution is 2.32. The molecule has 0 saturated heterocycles. The first-order chi connectivity index (χ1) is 7.29. The zero-order chi connectivity index (χ0) is 10.7. The van der Waals surface area contributed by atoms with E-state index in [2.05, 4.69) is 34.2 Å². The fraction of sp³-hybridized carbons (Fsp3) is 0.778. The Morgan fingerprint density at radius 1 is 1.67 bits per heavy atom. The fourth-order valence-corrected chi connectivity index (χ4v) is 4.00. The van der Waals surface area contributed by atoms with Crippen molar-refractivity contribution >= 4 is 40.4 Å². The summed E-state index contributed by atoms with van der Waals surface area (Å²) in [5, 5.41) is 12.1. The van der Waals surface area contributed by atoms with Gasteiger partial charge >= 0.3 is 0 Å². The molecule has 0 radical (unpaired) electrons. The molecule has 3 nitrogen and oxygen atoms in total. The van der Waals surface area contributed by atoms with E-state index in [1.807, 2.05) is 0 Å². The molecule has 0 bridgehead atoms. The van der Waals surface area contributed by atoms with Crippen molar-refractivity contribution in [2.45, 2.75) is 37.5 Å². The molecule has 1 aliphatic rings. The van der Waals surface area contributed by atoms with E-state index in [-0.39, 0.29) is 0 Å². The molecule has 2 atom stereocenters. The van der Waals surface area contributed by atoms with E-state index in [9.17, 15) is 0 Å². The summed E-state index contributed by atoms with van der Waals surface area (Å²) >= 11 is 8.58. The van der Waals surface area contributed by atoms with Crippen LogP contribution in [0.1, 0.15) is 26.2 Å². The third-order valence-electron chi connectivity index (χ3n) is 2.58. The van der Waals surface area contributed by atoms with Crippen LogP contribution in [0.3, 0.4) is 0 Å². The van der Waals surface area contributed by atoms with Crippen LogP contribution in [0.25, 0.3) is 0 Å². The molecule has 1 aliphatic carbocycles. The maximum atomic E-state index is 5.01. The van der Waals surface area contributed by atoms with Crippen molar-refractivity contribution in [3.8, 4) is 0 Å². The first-order valence-electron chi connectivity index (χ1n) is 5.23. The van der Waals surface area contributed by atoms with Gasteiger partial charge in [-0.05, 0) is 30.8 Å². The molecule has 1 fully saturated rings. The highest BCUT2D eigenvalue weighted by Gasteiger charge is 2.27. The third kappa shape index (κ3) is 2.95. The van der Waals surface area contributed by atoms with Gasteiger partial charge in [-0.3, -0.25) is 5.10 Å². The molecule has 2 unspecified atom stereocenters. The van der Waals surface area contributed by atoms with E-state index < -0.39 is 0 Å². The lowest BCUT2D eigenvalue weighted by Crippen LogP contribution is -2.26. The van der Waals surface area contributed by atoms with Gasteiger partial charge in [0.1, 0.15) is 0 Å². The second kappa shape index (κ2) is 5.32. The summed E-state index contributed by atoms with van der Waals surface area (Å²) in [5.74, 6) is 1.19. The zero-order valence-electron chi connectivity index (χ0n) is 8.66. The lowest BCUT2D eigenvalue weighted by Gasteiger charge is -2.19. The van der Waals surface area contributed by atoms with Crippen LogP contribution < -0.4 is 5.32 Å². The quantitative estimate of drug-likeness (QED) is 0.816. The fourth-order valence-electron chi connectivity index (χ4n) is 1.95. The normalized spacial score (nSPS) is 25.7. The minimum absolute atomic E-state index is 0.573. The lowest BCUT2D eigenvalue weighted by molar-refractivity contribution is 0.763. The molecule has 1 saturated carbocycles. The summed E-state index contributed by atoms with van der Waals surface area (Å²) in [4.78, 5) is 0.